The maximum absolute atomic E-state index is 12.8. The summed E-state index contributed by atoms with van der Waals surface area (Å²) in [6, 6.07) is 4.49. The lowest BCUT2D eigenvalue weighted by Gasteiger charge is -2.26. The summed E-state index contributed by atoms with van der Waals surface area (Å²) in [4.78, 5) is 13.4. The van der Waals surface area contributed by atoms with Crippen LogP contribution < -0.4 is 10.1 Å². The zero-order chi connectivity index (χ0) is 17.6. The second-order valence-corrected chi connectivity index (χ2v) is 7.85. The van der Waals surface area contributed by atoms with Crippen molar-refractivity contribution in [3.63, 3.8) is 0 Å². The zero-order valence-corrected chi connectivity index (χ0v) is 14.6. The number of carbonyl (C=O) groups excluding carboxylic acids is 1. The topological polar surface area (TPSA) is 75.7 Å². The predicted molar refractivity (Wildman–Crippen MR) is 86.8 cm³/mol. The van der Waals surface area contributed by atoms with Gasteiger partial charge in [-0.1, -0.05) is 0 Å². The van der Waals surface area contributed by atoms with E-state index in [1.54, 1.807) is 20.9 Å². The van der Waals surface area contributed by atoms with Crippen molar-refractivity contribution in [3.8, 4) is 5.75 Å². The van der Waals surface area contributed by atoms with Gasteiger partial charge in [0.25, 0.3) is 0 Å². The van der Waals surface area contributed by atoms with Crippen molar-refractivity contribution in [2.24, 2.45) is 0 Å². The van der Waals surface area contributed by atoms with Crippen molar-refractivity contribution in [1.29, 1.82) is 0 Å². The molecule has 1 aromatic rings. The third kappa shape index (κ3) is 7.32. The maximum Gasteiger partial charge on any atom is 0.317 e. The highest BCUT2D eigenvalue weighted by atomic mass is 32.2. The van der Waals surface area contributed by atoms with Gasteiger partial charge in [0, 0.05) is 19.3 Å². The second kappa shape index (κ2) is 8.14. The summed E-state index contributed by atoms with van der Waals surface area (Å²) in [5.41, 5.74) is 0. The fourth-order valence-electron chi connectivity index (χ4n) is 1.86. The monoisotopic (exact) mass is 346 g/mol. The molecule has 0 saturated carbocycles. The van der Waals surface area contributed by atoms with Crippen molar-refractivity contribution in [1.82, 2.24) is 10.2 Å². The Morgan fingerprint density at radius 1 is 1.30 bits per heavy atom. The molecule has 0 aromatic heterocycles. The van der Waals surface area contributed by atoms with E-state index in [1.165, 1.54) is 29.2 Å². The minimum absolute atomic E-state index is 0.0998. The van der Waals surface area contributed by atoms with Gasteiger partial charge in [0.15, 0.2) is 0 Å². The van der Waals surface area contributed by atoms with Gasteiger partial charge in [-0.05, 0) is 38.1 Å². The van der Waals surface area contributed by atoms with Gasteiger partial charge in [-0.25, -0.2) is 17.6 Å². The third-order valence-corrected chi connectivity index (χ3v) is 4.30. The normalized spacial score (nSPS) is 14.0. The van der Waals surface area contributed by atoms with E-state index < -0.39 is 15.9 Å². The van der Waals surface area contributed by atoms with Gasteiger partial charge in [-0.2, -0.15) is 0 Å². The van der Waals surface area contributed by atoms with E-state index in [0.717, 1.165) is 6.26 Å². The minimum atomic E-state index is -3.16. The first-order valence-electron chi connectivity index (χ1n) is 7.18. The third-order valence-electron chi connectivity index (χ3n) is 3.21. The first-order valence-corrected chi connectivity index (χ1v) is 9.24. The highest BCUT2D eigenvalue weighted by molar-refractivity contribution is 7.90. The lowest BCUT2D eigenvalue weighted by molar-refractivity contribution is 0.187. The van der Waals surface area contributed by atoms with E-state index in [0.29, 0.717) is 5.75 Å². The van der Waals surface area contributed by atoms with Gasteiger partial charge in [0.05, 0.1) is 11.8 Å². The van der Waals surface area contributed by atoms with Crippen molar-refractivity contribution in [3.05, 3.63) is 30.1 Å². The quantitative estimate of drug-likeness (QED) is 0.815. The van der Waals surface area contributed by atoms with Gasteiger partial charge in [0.2, 0.25) is 0 Å². The summed E-state index contributed by atoms with van der Waals surface area (Å²) in [5.74, 6) is 0.0590. The van der Waals surface area contributed by atoms with Gasteiger partial charge in [-0.15, -0.1) is 0 Å². The fourth-order valence-corrected chi connectivity index (χ4v) is 2.96. The number of carbonyl (C=O) groups is 1. The van der Waals surface area contributed by atoms with Gasteiger partial charge < -0.3 is 15.0 Å². The Hall–Kier alpha value is -1.83. The molecule has 23 heavy (non-hydrogen) atoms. The standard InChI is InChI=1S/C15H23FN2O4S/c1-11(9-22-14-7-5-13(16)6-8-14)17-15(19)18(3)12(2)10-23(4,20)21/h5-8,11-12H,9-10H2,1-4H3,(H,17,19)/t11-,12+/m0/s1. The van der Waals surface area contributed by atoms with Crippen LogP contribution in [-0.4, -0.2) is 57.1 Å². The first-order chi connectivity index (χ1) is 10.6. The van der Waals surface area contributed by atoms with Crippen LogP contribution in [0.4, 0.5) is 9.18 Å². The Labute approximate surface area is 136 Å². The molecule has 0 spiro atoms. The lowest BCUT2D eigenvalue weighted by Crippen LogP contribution is -2.48. The number of sulfone groups is 1. The second-order valence-electron chi connectivity index (χ2n) is 5.67. The highest BCUT2D eigenvalue weighted by Gasteiger charge is 2.20. The van der Waals surface area contributed by atoms with Crippen molar-refractivity contribution < 1.29 is 22.3 Å². The number of benzene rings is 1. The van der Waals surface area contributed by atoms with Crippen LogP contribution in [0.1, 0.15) is 13.8 Å². The average molecular weight is 346 g/mol. The van der Waals surface area contributed by atoms with Crippen molar-refractivity contribution in [2.45, 2.75) is 25.9 Å². The summed E-state index contributed by atoms with van der Waals surface area (Å²) in [5, 5.41) is 2.72. The van der Waals surface area contributed by atoms with Crippen LogP contribution in [0.15, 0.2) is 24.3 Å². The molecule has 2 atom stereocenters. The van der Waals surface area contributed by atoms with Gasteiger partial charge >= 0.3 is 6.03 Å². The Morgan fingerprint density at radius 3 is 2.39 bits per heavy atom. The molecule has 0 heterocycles. The van der Waals surface area contributed by atoms with Crippen LogP contribution in [0.2, 0.25) is 0 Å². The number of hydrogen-bond acceptors (Lipinski definition) is 4. The number of nitrogens with zero attached hydrogens (tertiary/aromatic N) is 1. The highest BCUT2D eigenvalue weighted by Crippen LogP contribution is 2.11. The number of urea groups is 1. The number of rotatable bonds is 7. The van der Waals surface area contributed by atoms with Crippen molar-refractivity contribution >= 4 is 15.9 Å². The molecule has 6 nitrogen and oxygen atoms in total. The van der Waals surface area contributed by atoms with Crippen LogP contribution in [0.5, 0.6) is 5.75 Å². The zero-order valence-electron chi connectivity index (χ0n) is 13.7. The summed E-state index contributed by atoms with van der Waals surface area (Å²) in [6.45, 7) is 3.64. The molecule has 0 aliphatic rings. The van der Waals surface area contributed by atoms with Crippen LogP contribution in [0.3, 0.4) is 0 Å². The SMILES string of the molecule is C[C@H](CS(C)(=O)=O)N(C)C(=O)N[C@@H](C)COc1ccc(F)cc1. The number of amides is 2. The Kier molecular flexibility index (Phi) is 6.80. The summed E-state index contributed by atoms with van der Waals surface area (Å²) in [6.07, 6.45) is 1.13. The molecule has 0 radical (unpaired) electrons. The first kappa shape index (κ1) is 19.2. The molecule has 8 heteroatoms. The predicted octanol–water partition coefficient (Wildman–Crippen LogP) is 1.67. The Bertz CT molecular complexity index is 619. The smallest absolute Gasteiger partial charge is 0.317 e. The van der Waals surface area contributed by atoms with E-state index in [4.69, 9.17) is 4.74 Å². The molecule has 0 unspecified atom stereocenters. The lowest BCUT2D eigenvalue weighted by atomic mass is 10.3. The number of halogens is 1. The van der Waals surface area contributed by atoms with E-state index in [9.17, 15) is 17.6 Å². The summed E-state index contributed by atoms with van der Waals surface area (Å²) >= 11 is 0. The van der Waals surface area contributed by atoms with Crippen molar-refractivity contribution in [2.75, 3.05) is 25.7 Å². The van der Waals surface area contributed by atoms with E-state index in [-0.39, 0.29) is 30.2 Å². The molecular weight excluding hydrogens is 323 g/mol. The van der Waals surface area contributed by atoms with E-state index in [1.807, 2.05) is 0 Å². The molecule has 0 fully saturated rings. The van der Waals surface area contributed by atoms with E-state index >= 15 is 0 Å². The number of nitrogens with one attached hydrogen (secondary N) is 1. The van der Waals surface area contributed by atoms with Gasteiger partial charge in [0.1, 0.15) is 28.0 Å². The molecular formula is C15H23FN2O4S. The van der Waals surface area contributed by atoms with E-state index in [2.05, 4.69) is 5.32 Å². The van der Waals surface area contributed by atoms with Crippen LogP contribution in [0, 0.1) is 5.82 Å². The summed E-state index contributed by atoms with van der Waals surface area (Å²) < 4.78 is 40.8. The maximum atomic E-state index is 12.8. The number of ether oxygens (including phenoxy) is 1. The fraction of sp³-hybridized carbons (Fsp3) is 0.533. The van der Waals surface area contributed by atoms with Crippen LogP contribution in [0.25, 0.3) is 0 Å². The molecule has 2 amide bonds. The largest absolute Gasteiger partial charge is 0.491 e. The molecule has 1 aromatic carbocycles. The Morgan fingerprint density at radius 2 is 1.87 bits per heavy atom. The molecule has 0 saturated heterocycles. The van der Waals surface area contributed by atoms with Crippen LogP contribution in [-0.2, 0) is 9.84 Å². The molecule has 1 N–H and O–H groups in total. The molecule has 0 bridgehead atoms. The van der Waals surface area contributed by atoms with Crippen LogP contribution >= 0.6 is 0 Å². The molecule has 130 valence electrons. The minimum Gasteiger partial charge on any atom is -0.491 e. The Balaban J connectivity index is 2.44. The number of hydrogen-bond donors (Lipinski definition) is 1. The average Bonchev–Trinajstić information content (AvgIpc) is 2.44. The molecule has 0 aliphatic carbocycles. The summed E-state index contributed by atoms with van der Waals surface area (Å²) in [7, 11) is -1.62. The van der Waals surface area contributed by atoms with Gasteiger partial charge in [-0.3, -0.25) is 0 Å². The molecule has 1 rings (SSSR count). The molecule has 0 aliphatic heterocycles.